The highest BCUT2D eigenvalue weighted by atomic mass is 15.2. The van der Waals surface area contributed by atoms with Gasteiger partial charge in [0.15, 0.2) is 0 Å². The van der Waals surface area contributed by atoms with Crippen LogP contribution in [0.25, 0.3) is 61.1 Å². The molecule has 0 bridgehead atoms. The molecular formula is C47H33N3. The highest BCUT2D eigenvalue weighted by molar-refractivity contribution is 6.09. The maximum absolute atomic E-state index is 5.38. The molecule has 0 aliphatic heterocycles. The Kier molecular flexibility index (Phi) is 7.49. The summed E-state index contributed by atoms with van der Waals surface area (Å²) < 4.78 is 2.15. The summed E-state index contributed by atoms with van der Waals surface area (Å²) in [5.74, 6) is 0. The zero-order valence-electron chi connectivity index (χ0n) is 27.4. The van der Waals surface area contributed by atoms with Gasteiger partial charge in [-0.2, -0.15) is 5.10 Å². The molecule has 236 valence electrons. The Morgan fingerprint density at radius 2 is 0.900 bits per heavy atom. The minimum Gasteiger partial charge on any atom is -0.310 e. The van der Waals surface area contributed by atoms with Crippen LogP contribution in [0, 0.1) is 0 Å². The molecule has 0 atom stereocenters. The van der Waals surface area contributed by atoms with E-state index in [1.807, 2.05) is 0 Å². The third kappa shape index (κ3) is 5.32. The normalized spacial score (nSPS) is 11.2. The molecule has 0 unspecified atom stereocenters. The number of para-hydroxylation sites is 1. The van der Waals surface area contributed by atoms with E-state index >= 15 is 0 Å². The van der Waals surface area contributed by atoms with E-state index in [0.717, 1.165) is 67.0 Å². The van der Waals surface area contributed by atoms with Crippen molar-refractivity contribution in [1.82, 2.24) is 9.61 Å². The van der Waals surface area contributed by atoms with Gasteiger partial charge < -0.3 is 4.90 Å². The Labute approximate surface area is 292 Å². The SMILES string of the molecule is c1ccc(-c2cccc(N(c3ccccc3)c3ccc4c(c3)cc(-c3ccccc3)n3nc(-c5ccccc5)c(-c5ccccc5)c43)c2)cc1. The van der Waals surface area contributed by atoms with Gasteiger partial charge in [0.05, 0.1) is 11.2 Å². The monoisotopic (exact) mass is 639 g/mol. The van der Waals surface area contributed by atoms with Crippen LogP contribution >= 0.6 is 0 Å². The van der Waals surface area contributed by atoms with E-state index in [1.54, 1.807) is 0 Å². The molecule has 7 aromatic carbocycles. The van der Waals surface area contributed by atoms with Gasteiger partial charge in [-0.1, -0.05) is 158 Å². The first-order valence-corrected chi connectivity index (χ1v) is 17.0. The summed E-state index contributed by atoms with van der Waals surface area (Å²) in [4.78, 5) is 2.35. The van der Waals surface area contributed by atoms with Crippen molar-refractivity contribution in [1.29, 1.82) is 0 Å². The van der Waals surface area contributed by atoms with Crippen LogP contribution in [0.15, 0.2) is 200 Å². The highest BCUT2D eigenvalue weighted by Crippen LogP contribution is 2.43. The van der Waals surface area contributed by atoms with E-state index in [1.165, 1.54) is 11.1 Å². The fourth-order valence-corrected chi connectivity index (χ4v) is 7.04. The molecule has 0 saturated carbocycles. The Balaban J connectivity index is 1.33. The number of hydrogen-bond donors (Lipinski definition) is 0. The number of anilines is 3. The predicted octanol–water partition coefficient (Wildman–Crippen LogP) is 12.6. The topological polar surface area (TPSA) is 20.5 Å². The highest BCUT2D eigenvalue weighted by Gasteiger charge is 2.22. The van der Waals surface area contributed by atoms with E-state index in [4.69, 9.17) is 5.10 Å². The Morgan fingerprint density at radius 3 is 1.56 bits per heavy atom. The molecule has 0 saturated heterocycles. The number of nitrogens with zero attached hydrogens (tertiary/aromatic N) is 3. The van der Waals surface area contributed by atoms with Crippen molar-refractivity contribution in [2.45, 2.75) is 0 Å². The molecule has 0 aliphatic carbocycles. The fourth-order valence-electron chi connectivity index (χ4n) is 7.04. The van der Waals surface area contributed by atoms with Crippen molar-refractivity contribution in [2.24, 2.45) is 0 Å². The smallest absolute Gasteiger partial charge is 0.101 e. The first kappa shape index (κ1) is 29.4. The lowest BCUT2D eigenvalue weighted by molar-refractivity contribution is 0.979. The van der Waals surface area contributed by atoms with Crippen LogP contribution in [0.1, 0.15) is 0 Å². The maximum Gasteiger partial charge on any atom is 0.101 e. The van der Waals surface area contributed by atoms with Gasteiger partial charge in [-0.15, -0.1) is 0 Å². The van der Waals surface area contributed by atoms with E-state index in [0.29, 0.717) is 0 Å². The van der Waals surface area contributed by atoms with E-state index in [-0.39, 0.29) is 0 Å². The lowest BCUT2D eigenvalue weighted by Gasteiger charge is -2.26. The summed E-state index contributed by atoms with van der Waals surface area (Å²) in [6.45, 7) is 0. The van der Waals surface area contributed by atoms with Gasteiger partial charge in [0.2, 0.25) is 0 Å². The van der Waals surface area contributed by atoms with Gasteiger partial charge in [0, 0.05) is 39.1 Å². The van der Waals surface area contributed by atoms with Crippen LogP contribution in [0.4, 0.5) is 17.1 Å². The van der Waals surface area contributed by atoms with Crippen molar-refractivity contribution in [2.75, 3.05) is 4.90 Å². The van der Waals surface area contributed by atoms with Gasteiger partial charge in [0.1, 0.15) is 5.69 Å². The van der Waals surface area contributed by atoms with Crippen LogP contribution in [0.3, 0.4) is 0 Å². The molecule has 0 fully saturated rings. The number of benzene rings is 7. The molecule has 2 heterocycles. The lowest BCUT2D eigenvalue weighted by Crippen LogP contribution is -2.10. The minimum atomic E-state index is 0.967. The van der Waals surface area contributed by atoms with Gasteiger partial charge >= 0.3 is 0 Å². The minimum absolute atomic E-state index is 0.967. The third-order valence-corrected chi connectivity index (χ3v) is 9.36. The zero-order valence-corrected chi connectivity index (χ0v) is 27.4. The lowest BCUT2D eigenvalue weighted by atomic mass is 9.96. The average molecular weight is 640 g/mol. The van der Waals surface area contributed by atoms with Gasteiger partial charge in [0.25, 0.3) is 0 Å². The largest absolute Gasteiger partial charge is 0.310 e. The number of hydrogen-bond acceptors (Lipinski definition) is 2. The molecule has 3 heteroatoms. The van der Waals surface area contributed by atoms with Crippen molar-refractivity contribution in [3.8, 4) is 44.8 Å². The summed E-state index contributed by atoms with van der Waals surface area (Å²) in [6, 6.07) is 70.9. The van der Waals surface area contributed by atoms with Crippen LogP contribution in [0.2, 0.25) is 0 Å². The maximum atomic E-state index is 5.38. The van der Waals surface area contributed by atoms with Crippen LogP contribution in [-0.2, 0) is 0 Å². The molecule has 3 nitrogen and oxygen atoms in total. The molecule has 9 aromatic rings. The van der Waals surface area contributed by atoms with Crippen LogP contribution in [-0.4, -0.2) is 9.61 Å². The number of fused-ring (bicyclic) bond motifs is 3. The van der Waals surface area contributed by atoms with Crippen LogP contribution in [0.5, 0.6) is 0 Å². The first-order chi connectivity index (χ1) is 24.8. The number of rotatable bonds is 7. The van der Waals surface area contributed by atoms with E-state index in [9.17, 15) is 0 Å². The zero-order chi connectivity index (χ0) is 33.3. The summed E-state index contributed by atoms with van der Waals surface area (Å²) >= 11 is 0. The fraction of sp³-hybridized carbons (Fsp3) is 0. The molecule has 0 aliphatic rings. The Hall–Kier alpha value is -6.71. The summed E-state index contributed by atoms with van der Waals surface area (Å²) in [5, 5.41) is 7.67. The van der Waals surface area contributed by atoms with Crippen molar-refractivity contribution in [3.63, 3.8) is 0 Å². The van der Waals surface area contributed by atoms with Gasteiger partial charge in [-0.3, -0.25) is 0 Å². The van der Waals surface area contributed by atoms with Crippen molar-refractivity contribution in [3.05, 3.63) is 200 Å². The van der Waals surface area contributed by atoms with Crippen LogP contribution < -0.4 is 4.90 Å². The van der Waals surface area contributed by atoms with E-state index in [2.05, 4.69) is 210 Å². The molecule has 0 N–H and O–H groups in total. The quantitative estimate of drug-likeness (QED) is 0.173. The molecule has 50 heavy (non-hydrogen) atoms. The Bertz CT molecular complexity index is 2560. The number of aromatic nitrogens is 2. The predicted molar refractivity (Wildman–Crippen MR) is 209 cm³/mol. The van der Waals surface area contributed by atoms with Gasteiger partial charge in [-0.05, 0) is 64.5 Å². The van der Waals surface area contributed by atoms with Crippen molar-refractivity contribution >= 4 is 33.4 Å². The Morgan fingerprint density at radius 1 is 0.380 bits per heavy atom. The number of pyridine rings is 1. The summed E-state index contributed by atoms with van der Waals surface area (Å²) in [6.07, 6.45) is 0. The van der Waals surface area contributed by atoms with E-state index < -0.39 is 0 Å². The summed E-state index contributed by atoms with van der Waals surface area (Å²) in [5.41, 5.74) is 13.2. The third-order valence-electron chi connectivity index (χ3n) is 9.36. The second kappa shape index (κ2) is 12.7. The summed E-state index contributed by atoms with van der Waals surface area (Å²) in [7, 11) is 0. The molecule has 2 aromatic heterocycles. The molecule has 0 spiro atoms. The second-order valence-corrected chi connectivity index (χ2v) is 12.5. The molecule has 0 radical (unpaired) electrons. The molecule has 9 rings (SSSR count). The molecular weight excluding hydrogens is 607 g/mol. The standard InChI is InChI=1S/C47H33N3/c1-6-17-34(18-7-1)38-25-16-28-41(31-38)49(40-26-14-5-15-27-40)42-29-30-43-39(32-42)33-44(35-19-8-2-9-20-35)50-47(43)45(36-21-10-3-11-22-36)46(48-50)37-23-12-4-13-24-37/h1-33H. The molecule has 0 amide bonds. The average Bonchev–Trinajstić information content (AvgIpc) is 3.61. The first-order valence-electron chi connectivity index (χ1n) is 17.0. The van der Waals surface area contributed by atoms with Gasteiger partial charge in [-0.25, -0.2) is 4.52 Å². The second-order valence-electron chi connectivity index (χ2n) is 12.5. The van der Waals surface area contributed by atoms with Crippen molar-refractivity contribution < 1.29 is 0 Å².